The molecule has 0 bridgehead atoms. The highest BCUT2D eigenvalue weighted by Crippen LogP contribution is 2.37. The van der Waals surface area contributed by atoms with Gasteiger partial charge in [0.05, 0.1) is 11.8 Å². The summed E-state index contributed by atoms with van der Waals surface area (Å²) in [6.45, 7) is -0.159. The van der Waals surface area contributed by atoms with Crippen LogP contribution in [0.25, 0.3) is 0 Å². The van der Waals surface area contributed by atoms with E-state index in [0.717, 1.165) is 0 Å². The molecule has 2 rings (SSSR count). The normalized spacial score (nSPS) is 31.7. The van der Waals surface area contributed by atoms with Crippen molar-refractivity contribution in [2.24, 2.45) is 17.8 Å². The van der Waals surface area contributed by atoms with E-state index in [0.29, 0.717) is 12.8 Å². The van der Waals surface area contributed by atoms with Crippen LogP contribution in [0.5, 0.6) is 0 Å². The fourth-order valence-corrected chi connectivity index (χ4v) is 2.92. The number of halogens is 3. The number of nitrogens with zero attached hydrogens (tertiary/aromatic N) is 1. The van der Waals surface area contributed by atoms with Gasteiger partial charge in [0.2, 0.25) is 5.91 Å². The summed E-state index contributed by atoms with van der Waals surface area (Å²) in [4.78, 5) is 24.1. The van der Waals surface area contributed by atoms with E-state index in [4.69, 9.17) is 5.11 Å². The molecule has 2 aliphatic rings. The maximum atomic E-state index is 12.5. The largest absolute Gasteiger partial charge is 0.481 e. The first kappa shape index (κ1) is 14.1. The Kier molecular flexibility index (Phi) is 3.73. The number of carbonyl (C=O) groups excluding carboxylic acids is 1. The van der Waals surface area contributed by atoms with Crippen LogP contribution in [0.4, 0.5) is 13.2 Å². The molecule has 1 aliphatic heterocycles. The van der Waals surface area contributed by atoms with Crippen molar-refractivity contribution in [3.8, 4) is 0 Å². The number of carboxylic acids is 1. The van der Waals surface area contributed by atoms with Crippen molar-refractivity contribution in [1.82, 2.24) is 4.90 Å². The fourth-order valence-electron chi connectivity index (χ4n) is 2.92. The lowest BCUT2D eigenvalue weighted by atomic mass is 10.0. The summed E-state index contributed by atoms with van der Waals surface area (Å²) in [6.07, 6.45) is -3.16. The van der Waals surface area contributed by atoms with Gasteiger partial charge in [0, 0.05) is 19.0 Å². The third-order valence-electron chi connectivity index (χ3n) is 4.09. The van der Waals surface area contributed by atoms with Crippen LogP contribution in [-0.2, 0) is 9.59 Å². The molecule has 108 valence electrons. The Hall–Kier alpha value is -1.27. The van der Waals surface area contributed by atoms with E-state index in [1.807, 2.05) is 0 Å². The predicted molar refractivity (Wildman–Crippen MR) is 59.2 cm³/mol. The Labute approximate surface area is 108 Å². The van der Waals surface area contributed by atoms with Gasteiger partial charge in [-0.2, -0.15) is 13.2 Å². The molecule has 1 amide bonds. The molecule has 1 N–H and O–H groups in total. The van der Waals surface area contributed by atoms with Crippen molar-refractivity contribution < 1.29 is 27.9 Å². The lowest BCUT2D eigenvalue weighted by Crippen LogP contribution is -2.35. The van der Waals surface area contributed by atoms with Gasteiger partial charge in [-0.15, -0.1) is 0 Å². The molecule has 1 heterocycles. The molecule has 4 nitrogen and oxygen atoms in total. The van der Waals surface area contributed by atoms with Crippen molar-refractivity contribution in [3.05, 3.63) is 0 Å². The molecule has 1 unspecified atom stereocenters. The first-order valence-corrected chi connectivity index (χ1v) is 6.37. The summed E-state index contributed by atoms with van der Waals surface area (Å²) in [5.41, 5.74) is 0. The SMILES string of the molecule is O=C(O)[C@H]1CC[C@@H](C(=O)N2CCC(C(F)(F)F)C2)C1. The molecular weight excluding hydrogens is 263 g/mol. The number of hydrogen-bond donors (Lipinski definition) is 1. The third-order valence-corrected chi connectivity index (χ3v) is 4.09. The minimum Gasteiger partial charge on any atom is -0.481 e. The molecule has 7 heteroatoms. The summed E-state index contributed by atoms with van der Waals surface area (Å²) in [5, 5.41) is 8.85. The molecule has 2 fully saturated rings. The molecule has 0 radical (unpaired) electrons. The van der Waals surface area contributed by atoms with Gasteiger partial charge in [-0.1, -0.05) is 0 Å². The van der Waals surface area contributed by atoms with Crippen LogP contribution in [0.2, 0.25) is 0 Å². The fraction of sp³-hybridized carbons (Fsp3) is 0.833. The molecule has 3 atom stereocenters. The average molecular weight is 279 g/mol. The number of carbonyl (C=O) groups is 2. The summed E-state index contributed by atoms with van der Waals surface area (Å²) in [5.74, 6) is -3.63. The van der Waals surface area contributed by atoms with Crippen molar-refractivity contribution in [3.63, 3.8) is 0 Å². The van der Waals surface area contributed by atoms with E-state index in [2.05, 4.69) is 0 Å². The van der Waals surface area contributed by atoms with Crippen LogP contribution in [0.3, 0.4) is 0 Å². The van der Waals surface area contributed by atoms with Gasteiger partial charge < -0.3 is 10.0 Å². The van der Waals surface area contributed by atoms with Crippen molar-refractivity contribution >= 4 is 11.9 Å². The first-order valence-electron chi connectivity index (χ1n) is 6.37. The minimum atomic E-state index is -4.26. The van der Waals surface area contributed by atoms with Gasteiger partial charge in [-0.25, -0.2) is 0 Å². The quantitative estimate of drug-likeness (QED) is 0.840. The van der Waals surface area contributed by atoms with E-state index >= 15 is 0 Å². The van der Waals surface area contributed by atoms with Crippen LogP contribution in [0.1, 0.15) is 25.7 Å². The van der Waals surface area contributed by atoms with Gasteiger partial charge in [-0.3, -0.25) is 9.59 Å². The highest BCUT2D eigenvalue weighted by molar-refractivity contribution is 5.81. The van der Waals surface area contributed by atoms with Gasteiger partial charge in [0.1, 0.15) is 0 Å². The number of amides is 1. The third kappa shape index (κ3) is 3.01. The number of hydrogen-bond acceptors (Lipinski definition) is 2. The lowest BCUT2D eigenvalue weighted by Gasteiger charge is -2.21. The number of rotatable bonds is 2. The Morgan fingerprint density at radius 1 is 1.11 bits per heavy atom. The maximum Gasteiger partial charge on any atom is 0.393 e. The van der Waals surface area contributed by atoms with Gasteiger partial charge in [0.15, 0.2) is 0 Å². The van der Waals surface area contributed by atoms with E-state index in [9.17, 15) is 22.8 Å². The second-order valence-electron chi connectivity index (χ2n) is 5.36. The molecule has 0 aromatic carbocycles. The second kappa shape index (κ2) is 5.02. The molecular formula is C12H16F3NO3. The van der Waals surface area contributed by atoms with E-state index in [1.165, 1.54) is 4.90 Å². The second-order valence-corrected chi connectivity index (χ2v) is 5.36. The summed E-state index contributed by atoms with van der Waals surface area (Å²) < 4.78 is 37.6. The molecule has 1 aliphatic carbocycles. The molecule has 19 heavy (non-hydrogen) atoms. The lowest BCUT2D eigenvalue weighted by molar-refractivity contribution is -0.171. The molecule has 1 saturated carbocycles. The van der Waals surface area contributed by atoms with Crippen LogP contribution in [0, 0.1) is 17.8 Å². The Morgan fingerprint density at radius 2 is 1.74 bits per heavy atom. The van der Waals surface area contributed by atoms with Crippen LogP contribution in [0.15, 0.2) is 0 Å². The monoisotopic (exact) mass is 279 g/mol. The Balaban J connectivity index is 1.90. The summed E-state index contributed by atoms with van der Waals surface area (Å²) >= 11 is 0. The maximum absolute atomic E-state index is 12.5. The van der Waals surface area contributed by atoms with Gasteiger partial charge in [0.25, 0.3) is 0 Å². The molecule has 0 aromatic rings. The number of carboxylic acid groups (broad SMARTS) is 1. The average Bonchev–Trinajstić information content (AvgIpc) is 2.97. The van der Waals surface area contributed by atoms with E-state index < -0.39 is 29.9 Å². The zero-order valence-electron chi connectivity index (χ0n) is 10.3. The van der Waals surface area contributed by atoms with E-state index in [-0.39, 0.29) is 31.8 Å². The summed E-state index contributed by atoms with van der Waals surface area (Å²) in [6, 6.07) is 0. The van der Waals surface area contributed by atoms with Crippen molar-refractivity contribution in [2.45, 2.75) is 31.9 Å². The van der Waals surface area contributed by atoms with Gasteiger partial charge in [-0.05, 0) is 25.7 Å². The number of likely N-dealkylation sites (tertiary alicyclic amines) is 1. The Bertz CT molecular complexity index is 383. The van der Waals surface area contributed by atoms with E-state index in [1.54, 1.807) is 0 Å². The highest BCUT2D eigenvalue weighted by Gasteiger charge is 2.46. The van der Waals surface area contributed by atoms with Crippen molar-refractivity contribution in [1.29, 1.82) is 0 Å². The zero-order valence-corrected chi connectivity index (χ0v) is 10.3. The number of alkyl halides is 3. The van der Waals surface area contributed by atoms with Crippen LogP contribution in [-0.4, -0.2) is 41.1 Å². The minimum absolute atomic E-state index is 0.0513. The molecule has 0 aromatic heterocycles. The first-order chi connectivity index (χ1) is 8.79. The molecule has 1 saturated heterocycles. The van der Waals surface area contributed by atoms with Crippen LogP contribution >= 0.6 is 0 Å². The topological polar surface area (TPSA) is 57.6 Å². The molecule has 0 spiro atoms. The standard InChI is InChI=1S/C12H16F3NO3/c13-12(14,15)9-3-4-16(6-9)10(17)7-1-2-8(5-7)11(18)19/h7-9H,1-6H2,(H,18,19)/t7-,8+,9?/m1/s1. The zero-order chi connectivity index (χ0) is 14.2. The summed E-state index contributed by atoms with van der Waals surface area (Å²) in [7, 11) is 0. The van der Waals surface area contributed by atoms with Crippen LogP contribution < -0.4 is 0 Å². The smallest absolute Gasteiger partial charge is 0.393 e. The Morgan fingerprint density at radius 3 is 2.21 bits per heavy atom. The number of aliphatic carboxylic acids is 1. The van der Waals surface area contributed by atoms with Crippen molar-refractivity contribution in [2.75, 3.05) is 13.1 Å². The highest BCUT2D eigenvalue weighted by atomic mass is 19.4. The predicted octanol–water partition coefficient (Wildman–Crippen LogP) is 1.90. The van der Waals surface area contributed by atoms with Gasteiger partial charge >= 0.3 is 12.1 Å².